The maximum absolute atomic E-state index is 11.9. The molecule has 0 heterocycles. The van der Waals surface area contributed by atoms with Gasteiger partial charge in [-0.3, -0.25) is 4.79 Å². The summed E-state index contributed by atoms with van der Waals surface area (Å²) in [6.07, 6.45) is 8.04. The standard InChI is InChI=1S/C25H40N2O4/c1-2-3-4-7-19(28)9-10-20-21-13-17-6-5-8-24(31-16-25(30)27-12-11-26)22(17)14-18(21)15-23(20)29/h5-6,8,18-21,23,28-29H,2-4,7,9-16,26H2,1H3,(H,27,30). The number of aliphatic hydroxyl groups is 2. The van der Waals surface area contributed by atoms with E-state index in [9.17, 15) is 15.0 Å². The van der Waals surface area contributed by atoms with Crippen LogP contribution < -0.4 is 15.8 Å². The molecule has 1 aromatic rings. The maximum atomic E-state index is 11.9. The van der Waals surface area contributed by atoms with Gasteiger partial charge >= 0.3 is 0 Å². The highest BCUT2D eigenvalue weighted by Gasteiger charge is 2.44. The number of rotatable bonds is 12. The van der Waals surface area contributed by atoms with Crippen LogP contribution in [0.3, 0.4) is 0 Å². The molecule has 5 N–H and O–H groups in total. The maximum Gasteiger partial charge on any atom is 0.257 e. The van der Waals surface area contributed by atoms with Crippen molar-refractivity contribution in [1.82, 2.24) is 5.32 Å². The number of carbonyl (C=O) groups is 1. The lowest BCUT2D eigenvalue weighted by atomic mass is 9.73. The minimum absolute atomic E-state index is 0.00822. The van der Waals surface area contributed by atoms with Crippen LogP contribution in [0.15, 0.2) is 18.2 Å². The molecule has 0 aromatic heterocycles. The van der Waals surface area contributed by atoms with Gasteiger partial charge in [0.1, 0.15) is 5.75 Å². The second kappa shape index (κ2) is 11.8. The molecular formula is C25H40N2O4. The molecule has 1 amide bonds. The SMILES string of the molecule is CCCCCC(O)CCC1C(O)CC2Cc3c(cccc3OCC(=O)NCCN)CC21. The van der Waals surface area contributed by atoms with Gasteiger partial charge in [0.05, 0.1) is 12.2 Å². The zero-order valence-electron chi connectivity index (χ0n) is 18.9. The number of unbranched alkanes of at least 4 members (excludes halogenated alkanes) is 2. The zero-order valence-corrected chi connectivity index (χ0v) is 18.9. The number of nitrogens with one attached hydrogen (secondary N) is 1. The summed E-state index contributed by atoms with van der Waals surface area (Å²) in [6, 6.07) is 6.07. The van der Waals surface area contributed by atoms with E-state index in [-0.39, 0.29) is 30.6 Å². The summed E-state index contributed by atoms with van der Waals surface area (Å²) in [5.41, 5.74) is 7.87. The Morgan fingerprint density at radius 3 is 2.90 bits per heavy atom. The minimum atomic E-state index is -0.293. The average molecular weight is 433 g/mol. The smallest absolute Gasteiger partial charge is 0.257 e. The predicted molar refractivity (Wildman–Crippen MR) is 122 cm³/mol. The first-order valence-corrected chi connectivity index (χ1v) is 12.1. The third-order valence-corrected chi connectivity index (χ3v) is 7.15. The number of hydrogen-bond donors (Lipinski definition) is 4. The fourth-order valence-corrected chi connectivity index (χ4v) is 5.50. The van der Waals surface area contributed by atoms with Crippen molar-refractivity contribution in [2.24, 2.45) is 23.5 Å². The third kappa shape index (κ3) is 6.43. The summed E-state index contributed by atoms with van der Waals surface area (Å²) < 4.78 is 5.84. The van der Waals surface area contributed by atoms with Crippen LogP contribution in [0.25, 0.3) is 0 Å². The number of benzene rings is 1. The molecule has 1 fully saturated rings. The van der Waals surface area contributed by atoms with Crippen LogP contribution in [0.5, 0.6) is 5.75 Å². The van der Waals surface area contributed by atoms with Crippen LogP contribution in [0, 0.1) is 17.8 Å². The molecule has 5 atom stereocenters. The Bertz CT molecular complexity index is 711. The fourth-order valence-electron chi connectivity index (χ4n) is 5.50. The summed E-state index contributed by atoms with van der Waals surface area (Å²) in [7, 11) is 0. The van der Waals surface area contributed by atoms with Gasteiger partial charge in [-0.15, -0.1) is 0 Å². The predicted octanol–water partition coefficient (Wildman–Crippen LogP) is 2.57. The first kappa shape index (κ1) is 24.0. The van der Waals surface area contributed by atoms with Crippen LogP contribution in [-0.2, 0) is 17.6 Å². The lowest BCUT2D eigenvalue weighted by Crippen LogP contribution is -2.33. The van der Waals surface area contributed by atoms with E-state index in [1.807, 2.05) is 12.1 Å². The quantitative estimate of drug-likeness (QED) is 0.380. The number of hydrogen-bond acceptors (Lipinski definition) is 5. The van der Waals surface area contributed by atoms with E-state index in [2.05, 4.69) is 18.3 Å². The van der Waals surface area contributed by atoms with Crippen molar-refractivity contribution in [1.29, 1.82) is 0 Å². The molecule has 0 radical (unpaired) electrons. The van der Waals surface area contributed by atoms with Crippen LogP contribution in [-0.4, -0.2) is 48.0 Å². The van der Waals surface area contributed by atoms with Crippen LogP contribution >= 0.6 is 0 Å². The van der Waals surface area contributed by atoms with Crippen molar-refractivity contribution >= 4 is 5.91 Å². The highest BCUT2D eigenvalue weighted by Crippen LogP contribution is 2.48. The van der Waals surface area contributed by atoms with Gasteiger partial charge in [-0.1, -0.05) is 38.3 Å². The molecule has 1 aromatic carbocycles. The topological polar surface area (TPSA) is 105 Å². The summed E-state index contributed by atoms with van der Waals surface area (Å²) in [6.45, 7) is 3.03. The van der Waals surface area contributed by atoms with Gasteiger partial charge in [0.25, 0.3) is 5.91 Å². The van der Waals surface area contributed by atoms with Crippen molar-refractivity contribution in [2.75, 3.05) is 19.7 Å². The van der Waals surface area contributed by atoms with Crippen LogP contribution in [0.4, 0.5) is 0 Å². The highest BCUT2D eigenvalue weighted by atomic mass is 16.5. The Labute approximate surface area is 186 Å². The van der Waals surface area contributed by atoms with Crippen molar-refractivity contribution in [3.63, 3.8) is 0 Å². The number of ether oxygens (including phenoxy) is 1. The van der Waals surface area contributed by atoms with E-state index < -0.39 is 0 Å². The fraction of sp³-hybridized carbons (Fsp3) is 0.720. The van der Waals surface area contributed by atoms with Gasteiger partial charge < -0.3 is 26.0 Å². The molecule has 0 aliphatic heterocycles. The van der Waals surface area contributed by atoms with Crippen molar-refractivity contribution in [3.8, 4) is 5.75 Å². The first-order valence-electron chi connectivity index (χ1n) is 12.1. The van der Waals surface area contributed by atoms with Gasteiger partial charge in [0.15, 0.2) is 6.61 Å². The van der Waals surface area contributed by atoms with E-state index >= 15 is 0 Å². The van der Waals surface area contributed by atoms with Crippen LogP contribution in [0.1, 0.15) is 63.0 Å². The Hall–Kier alpha value is -1.63. The van der Waals surface area contributed by atoms with E-state index in [0.29, 0.717) is 24.9 Å². The molecule has 174 valence electrons. The molecule has 0 spiro atoms. The molecule has 2 aliphatic rings. The molecule has 2 aliphatic carbocycles. The summed E-state index contributed by atoms with van der Waals surface area (Å²) in [4.78, 5) is 11.9. The van der Waals surface area contributed by atoms with E-state index in [0.717, 1.165) is 50.7 Å². The Morgan fingerprint density at radius 1 is 1.29 bits per heavy atom. The normalized spacial score (nSPS) is 25.5. The van der Waals surface area contributed by atoms with Gasteiger partial charge in [0.2, 0.25) is 0 Å². The molecule has 6 heteroatoms. The molecule has 0 saturated heterocycles. The Balaban J connectivity index is 1.59. The average Bonchev–Trinajstić information content (AvgIpc) is 3.07. The van der Waals surface area contributed by atoms with Gasteiger partial charge in [-0.2, -0.15) is 0 Å². The molecule has 1 saturated carbocycles. The number of amides is 1. The molecule has 0 bridgehead atoms. The van der Waals surface area contributed by atoms with Crippen LogP contribution in [0.2, 0.25) is 0 Å². The van der Waals surface area contributed by atoms with Crippen molar-refractivity contribution < 1.29 is 19.7 Å². The lowest BCUT2D eigenvalue weighted by molar-refractivity contribution is -0.123. The zero-order chi connectivity index (χ0) is 22.2. The number of aliphatic hydroxyl groups excluding tert-OH is 2. The molecule has 6 nitrogen and oxygen atoms in total. The molecular weight excluding hydrogens is 392 g/mol. The van der Waals surface area contributed by atoms with E-state index in [1.54, 1.807) is 0 Å². The second-order valence-electron chi connectivity index (χ2n) is 9.35. The van der Waals surface area contributed by atoms with Crippen molar-refractivity contribution in [2.45, 2.75) is 76.9 Å². The largest absolute Gasteiger partial charge is 0.483 e. The summed E-state index contributed by atoms with van der Waals surface area (Å²) >= 11 is 0. The number of fused-ring (bicyclic) bond motifs is 2. The lowest BCUT2D eigenvalue weighted by Gasteiger charge is -2.32. The Morgan fingerprint density at radius 2 is 2.13 bits per heavy atom. The highest BCUT2D eigenvalue weighted by molar-refractivity contribution is 5.77. The number of carbonyl (C=O) groups excluding carboxylic acids is 1. The Kier molecular flexibility index (Phi) is 9.17. The van der Waals surface area contributed by atoms with Gasteiger partial charge in [-0.05, 0) is 73.5 Å². The van der Waals surface area contributed by atoms with E-state index in [4.69, 9.17) is 10.5 Å². The summed E-state index contributed by atoms with van der Waals surface area (Å²) in [5.74, 6) is 1.76. The number of nitrogens with two attached hydrogens (primary N) is 1. The first-order chi connectivity index (χ1) is 15.0. The third-order valence-electron chi connectivity index (χ3n) is 7.15. The van der Waals surface area contributed by atoms with Gasteiger partial charge in [0, 0.05) is 13.1 Å². The van der Waals surface area contributed by atoms with E-state index in [1.165, 1.54) is 24.0 Å². The van der Waals surface area contributed by atoms with Gasteiger partial charge in [-0.25, -0.2) is 0 Å². The molecule has 31 heavy (non-hydrogen) atoms. The molecule has 3 rings (SSSR count). The summed E-state index contributed by atoms with van der Waals surface area (Å²) in [5, 5.41) is 23.8. The van der Waals surface area contributed by atoms with Crippen molar-refractivity contribution in [3.05, 3.63) is 29.3 Å². The monoisotopic (exact) mass is 432 g/mol. The minimum Gasteiger partial charge on any atom is -0.483 e. The molecule has 5 unspecified atom stereocenters. The second-order valence-corrected chi connectivity index (χ2v) is 9.35.